The first-order valence-corrected chi connectivity index (χ1v) is 7.19. The van der Waals surface area contributed by atoms with Crippen LogP contribution in [-0.4, -0.2) is 24.4 Å². The summed E-state index contributed by atoms with van der Waals surface area (Å²) in [5.41, 5.74) is 0.241. The summed E-state index contributed by atoms with van der Waals surface area (Å²) in [4.78, 5) is 0. The van der Waals surface area contributed by atoms with Crippen molar-refractivity contribution in [2.75, 3.05) is 13.2 Å². The Hall–Kier alpha value is -0.640. The van der Waals surface area contributed by atoms with Gasteiger partial charge in [0.05, 0.1) is 12.7 Å². The molecule has 19 heavy (non-hydrogen) atoms. The second kappa shape index (κ2) is 5.04. The fourth-order valence-electron chi connectivity index (χ4n) is 3.22. The van der Waals surface area contributed by atoms with Gasteiger partial charge in [0.1, 0.15) is 5.82 Å². The van der Waals surface area contributed by atoms with Gasteiger partial charge in [0.15, 0.2) is 0 Å². The van der Waals surface area contributed by atoms with Crippen LogP contribution in [0.25, 0.3) is 0 Å². The largest absolute Gasteiger partial charge is 0.396 e. The van der Waals surface area contributed by atoms with Gasteiger partial charge in [-0.05, 0) is 55.4 Å². The highest BCUT2D eigenvalue weighted by atomic mass is 35.5. The Morgan fingerprint density at radius 2 is 2.21 bits per heavy atom. The molecule has 2 aliphatic rings. The molecule has 1 N–H and O–H groups in total. The van der Waals surface area contributed by atoms with Crippen molar-refractivity contribution in [1.29, 1.82) is 0 Å². The summed E-state index contributed by atoms with van der Waals surface area (Å²) in [5.74, 6) is 0.288. The van der Waals surface area contributed by atoms with E-state index in [1.165, 1.54) is 6.07 Å². The zero-order valence-corrected chi connectivity index (χ0v) is 11.5. The van der Waals surface area contributed by atoms with Gasteiger partial charge in [0.2, 0.25) is 0 Å². The van der Waals surface area contributed by atoms with Crippen molar-refractivity contribution in [2.45, 2.75) is 31.8 Å². The lowest BCUT2D eigenvalue weighted by atomic mass is 9.74. The van der Waals surface area contributed by atoms with Gasteiger partial charge >= 0.3 is 0 Å². The maximum Gasteiger partial charge on any atom is 0.126 e. The first kappa shape index (κ1) is 13.3. The minimum Gasteiger partial charge on any atom is -0.396 e. The minimum atomic E-state index is -0.341. The summed E-state index contributed by atoms with van der Waals surface area (Å²) in [7, 11) is 0. The molecule has 2 atom stereocenters. The van der Waals surface area contributed by atoms with Gasteiger partial charge < -0.3 is 9.84 Å². The van der Waals surface area contributed by atoms with Gasteiger partial charge in [0.25, 0.3) is 0 Å². The number of rotatable bonds is 4. The number of benzene rings is 1. The number of hydrogen-bond acceptors (Lipinski definition) is 2. The van der Waals surface area contributed by atoms with Crippen molar-refractivity contribution in [3.63, 3.8) is 0 Å². The molecule has 1 aliphatic carbocycles. The molecule has 2 fully saturated rings. The molecule has 0 radical (unpaired) electrons. The van der Waals surface area contributed by atoms with E-state index in [-0.39, 0.29) is 23.9 Å². The maximum absolute atomic E-state index is 13.9. The van der Waals surface area contributed by atoms with Crippen LogP contribution in [-0.2, 0) is 11.2 Å². The van der Waals surface area contributed by atoms with E-state index < -0.39 is 0 Å². The highest BCUT2D eigenvalue weighted by Gasteiger charge is 2.50. The minimum absolute atomic E-state index is 0.0418. The summed E-state index contributed by atoms with van der Waals surface area (Å²) < 4.78 is 19.7. The average Bonchev–Trinajstić information content (AvgIpc) is 3.16. The second-order valence-corrected chi connectivity index (χ2v) is 6.25. The Morgan fingerprint density at radius 1 is 1.42 bits per heavy atom. The van der Waals surface area contributed by atoms with Crippen LogP contribution in [0.3, 0.4) is 0 Å². The maximum atomic E-state index is 13.9. The van der Waals surface area contributed by atoms with Crippen molar-refractivity contribution in [3.8, 4) is 0 Å². The lowest BCUT2D eigenvalue weighted by Crippen LogP contribution is -2.38. The number of aliphatic hydroxyl groups excluding tert-OH is 1. The first-order chi connectivity index (χ1) is 9.14. The first-order valence-electron chi connectivity index (χ1n) is 6.81. The van der Waals surface area contributed by atoms with Gasteiger partial charge in [-0.1, -0.05) is 11.6 Å². The van der Waals surface area contributed by atoms with Crippen LogP contribution in [0.1, 0.15) is 24.8 Å². The molecule has 0 bridgehead atoms. The topological polar surface area (TPSA) is 29.5 Å². The predicted molar refractivity (Wildman–Crippen MR) is 71.7 cm³/mol. The predicted octanol–water partition coefficient (Wildman–Crippen LogP) is 3.20. The third-order valence-corrected chi connectivity index (χ3v) is 4.65. The van der Waals surface area contributed by atoms with E-state index in [0.717, 1.165) is 19.3 Å². The van der Waals surface area contributed by atoms with Gasteiger partial charge in [-0.2, -0.15) is 0 Å². The average molecular weight is 285 g/mol. The van der Waals surface area contributed by atoms with Crippen molar-refractivity contribution in [1.82, 2.24) is 0 Å². The van der Waals surface area contributed by atoms with Crippen molar-refractivity contribution in [3.05, 3.63) is 34.6 Å². The fourth-order valence-corrected chi connectivity index (χ4v) is 3.41. The van der Waals surface area contributed by atoms with E-state index in [1.54, 1.807) is 12.1 Å². The molecule has 4 heteroatoms. The van der Waals surface area contributed by atoms with Crippen LogP contribution in [0, 0.1) is 17.2 Å². The Balaban J connectivity index is 1.87. The monoisotopic (exact) mass is 284 g/mol. The quantitative estimate of drug-likeness (QED) is 0.920. The van der Waals surface area contributed by atoms with Gasteiger partial charge in [0, 0.05) is 17.0 Å². The molecular weight excluding hydrogens is 267 g/mol. The smallest absolute Gasteiger partial charge is 0.126 e. The van der Waals surface area contributed by atoms with Crippen LogP contribution in [0.4, 0.5) is 4.39 Å². The van der Waals surface area contributed by atoms with E-state index in [2.05, 4.69) is 0 Å². The zero-order chi connectivity index (χ0) is 13.5. The molecule has 1 saturated carbocycles. The van der Waals surface area contributed by atoms with E-state index >= 15 is 0 Å². The van der Waals surface area contributed by atoms with Gasteiger partial charge in [-0.25, -0.2) is 4.39 Å². The molecule has 1 heterocycles. The SMILES string of the molecule is OCC1(Cc2cc(Cl)ccc2F)CCOC1C1CC1. The summed E-state index contributed by atoms with van der Waals surface area (Å²) in [5, 5.41) is 10.4. The van der Waals surface area contributed by atoms with Crippen LogP contribution in [0.15, 0.2) is 18.2 Å². The summed E-state index contributed by atoms with van der Waals surface area (Å²) >= 11 is 5.94. The third kappa shape index (κ3) is 2.51. The Morgan fingerprint density at radius 3 is 2.89 bits per heavy atom. The van der Waals surface area contributed by atoms with Crippen LogP contribution in [0.2, 0.25) is 5.02 Å². The Labute approximate surface area is 117 Å². The van der Waals surface area contributed by atoms with E-state index in [4.69, 9.17) is 16.3 Å². The summed E-state index contributed by atoms with van der Waals surface area (Å²) in [6, 6.07) is 4.61. The van der Waals surface area contributed by atoms with Crippen LogP contribution < -0.4 is 0 Å². The van der Waals surface area contributed by atoms with E-state index in [0.29, 0.717) is 29.5 Å². The number of hydrogen-bond donors (Lipinski definition) is 1. The Bertz CT molecular complexity index is 475. The number of aliphatic hydroxyl groups is 1. The molecule has 1 aliphatic heterocycles. The molecule has 1 aromatic rings. The molecule has 0 aromatic heterocycles. The van der Waals surface area contributed by atoms with Crippen molar-refractivity contribution in [2.24, 2.45) is 11.3 Å². The van der Waals surface area contributed by atoms with E-state index in [9.17, 15) is 9.50 Å². The van der Waals surface area contributed by atoms with Crippen molar-refractivity contribution >= 4 is 11.6 Å². The van der Waals surface area contributed by atoms with Gasteiger partial charge in [-0.15, -0.1) is 0 Å². The Kier molecular flexibility index (Phi) is 3.54. The molecule has 1 aromatic carbocycles. The molecule has 2 nitrogen and oxygen atoms in total. The normalized spacial score (nSPS) is 30.8. The second-order valence-electron chi connectivity index (χ2n) is 5.81. The molecule has 2 unspecified atom stereocenters. The lowest BCUT2D eigenvalue weighted by Gasteiger charge is -2.32. The summed E-state index contributed by atoms with van der Waals surface area (Å²) in [6.07, 6.45) is 3.67. The summed E-state index contributed by atoms with van der Waals surface area (Å²) in [6.45, 7) is 0.698. The van der Waals surface area contributed by atoms with Gasteiger partial charge in [-0.3, -0.25) is 0 Å². The lowest BCUT2D eigenvalue weighted by molar-refractivity contribution is 0.000214. The number of halogens is 2. The molecule has 3 rings (SSSR count). The fraction of sp³-hybridized carbons (Fsp3) is 0.600. The highest BCUT2D eigenvalue weighted by Crippen LogP contribution is 2.49. The third-order valence-electron chi connectivity index (χ3n) is 4.42. The molecular formula is C15H18ClFO2. The van der Waals surface area contributed by atoms with Crippen LogP contribution >= 0.6 is 11.6 Å². The van der Waals surface area contributed by atoms with E-state index in [1.807, 2.05) is 0 Å². The molecule has 0 amide bonds. The van der Waals surface area contributed by atoms with Crippen LogP contribution in [0.5, 0.6) is 0 Å². The number of ether oxygens (including phenoxy) is 1. The molecule has 1 saturated heterocycles. The standard InChI is InChI=1S/C15H18ClFO2/c16-12-3-4-13(17)11(7-12)8-15(9-18)5-6-19-14(15)10-1-2-10/h3-4,7,10,14,18H,1-2,5-6,8-9H2. The molecule has 104 valence electrons. The van der Waals surface area contributed by atoms with Crippen molar-refractivity contribution < 1.29 is 14.2 Å². The zero-order valence-electron chi connectivity index (χ0n) is 10.7. The molecule has 0 spiro atoms. The highest BCUT2D eigenvalue weighted by molar-refractivity contribution is 6.30.